The number of nitrogens with zero attached hydrogens (tertiary/aromatic N) is 2. The van der Waals surface area contributed by atoms with E-state index in [0.29, 0.717) is 59.7 Å². The molecule has 1 N–H and O–H groups in total. The molecule has 10 atom stereocenters. The van der Waals surface area contributed by atoms with E-state index in [1.807, 2.05) is 0 Å². The Morgan fingerprint density at radius 2 is 1.36 bits per heavy atom. The summed E-state index contributed by atoms with van der Waals surface area (Å²) in [5.74, 6) is 4.49. The first kappa shape index (κ1) is 50.8. The van der Waals surface area contributed by atoms with Crippen molar-refractivity contribution in [2.75, 3.05) is 31.9 Å². The average molecular weight is 861 g/mol. The minimum Gasteiger partial charge on any atom is -0.461 e. The first-order chi connectivity index (χ1) is 28.1. The predicted molar refractivity (Wildman–Crippen MR) is 255 cm³/mol. The molecule has 4 aliphatic carbocycles. The van der Waals surface area contributed by atoms with E-state index in [0.717, 1.165) is 81.9 Å². The van der Waals surface area contributed by atoms with E-state index in [2.05, 4.69) is 72.1 Å². The summed E-state index contributed by atoms with van der Waals surface area (Å²) in [5.41, 5.74) is 0.0735. The number of esters is 1. The summed E-state index contributed by atoms with van der Waals surface area (Å²) in [5, 5.41) is 10.7. The van der Waals surface area contributed by atoms with Gasteiger partial charge in [0.2, 0.25) is 5.91 Å². The van der Waals surface area contributed by atoms with Crippen molar-refractivity contribution in [3.8, 4) is 0 Å². The monoisotopic (exact) mass is 861 g/mol. The molecule has 0 unspecified atom stereocenters. The van der Waals surface area contributed by atoms with Crippen molar-refractivity contribution in [2.24, 2.45) is 58.2 Å². The summed E-state index contributed by atoms with van der Waals surface area (Å²) in [6.45, 7) is 24.5. The molecule has 0 aromatic heterocycles. The molecule has 0 heterocycles. The fourth-order valence-electron chi connectivity index (χ4n) is 13.1. The van der Waals surface area contributed by atoms with Crippen LogP contribution in [0.25, 0.3) is 0 Å². The number of fused-ring (bicyclic) bond motifs is 5. The lowest BCUT2D eigenvalue weighted by molar-refractivity contribution is -0.195. The first-order valence-electron chi connectivity index (χ1n) is 25.2. The lowest BCUT2D eigenvalue weighted by Crippen LogP contribution is -2.59. The van der Waals surface area contributed by atoms with Gasteiger partial charge in [0.15, 0.2) is 0 Å². The number of hydrogen-bond donors (Lipinski definition) is 1. The van der Waals surface area contributed by atoms with Gasteiger partial charge in [-0.2, -0.15) is 0 Å². The number of aliphatic hydroxyl groups is 1. The van der Waals surface area contributed by atoms with Crippen LogP contribution in [0.5, 0.6) is 0 Å². The Labute approximate surface area is 373 Å². The maximum Gasteiger partial charge on any atom is 0.316 e. The van der Waals surface area contributed by atoms with Crippen molar-refractivity contribution in [3.63, 3.8) is 0 Å². The first-order valence-corrected chi connectivity index (χ1v) is 26.6. The van der Waals surface area contributed by atoms with E-state index in [-0.39, 0.29) is 34.8 Å². The van der Waals surface area contributed by atoms with E-state index < -0.39 is 0 Å². The SMILES string of the molecule is CCCCCCCCN(CCCCCCCC)C(=O)CC[C@@H](C)[C@H]1CC[C@H]2[C@@H]3CC[C@@H]4C[C@H](O)CC[C@]4(C)[C@H]3C[C@H](OC(=O)CSC(=S)N(CC(C)C)CC(C)C)[C@]12C. The molecule has 4 aliphatic rings. The van der Waals surface area contributed by atoms with Gasteiger partial charge in [0.05, 0.1) is 11.9 Å². The van der Waals surface area contributed by atoms with Crippen molar-refractivity contribution < 1.29 is 19.4 Å². The fraction of sp³-hybridized carbons (Fsp3) is 0.941. The molecule has 0 saturated heterocycles. The zero-order valence-electron chi connectivity index (χ0n) is 39.7. The number of carbonyl (C=O) groups excluding carboxylic acids is 2. The highest BCUT2D eigenvalue weighted by atomic mass is 32.2. The van der Waals surface area contributed by atoms with E-state index in [9.17, 15) is 14.7 Å². The van der Waals surface area contributed by atoms with Crippen LogP contribution in [0.15, 0.2) is 0 Å². The van der Waals surface area contributed by atoms with Crippen molar-refractivity contribution >= 4 is 40.2 Å². The molecule has 0 aromatic carbocycles. The van der Waals surface area contributed by atoms with Gasteiger partial charge >= 0.3 is 5.97 Å². The number of carbonyl (C=O) groups is 2. The second-order valence-corrected chi connectivity index (χ2v) is 23.1. The van der Waals surface area contributed by atoms with Crippen molar-refractivity contribution in [2.45, 2.75) is 216 Å². The van der Waals surface area contributed by atoms with Gasteiger partial charge in [-0.3, -0.25) is 9.59 Å². The van der Waals surface area contributed by atoms with Crippen LogP contribution in [0.2, 0.25) is 0 Å². The molecule has 4 saturated carbocycles. The normalized spacial score (nSPS) is 30.7. The number of rotatable bonds is 25. The number of ether oxygens (including phenoxy) is 1. The molecule has 0 aliphatic heterocycles. The van der Waals surface area contributed by atoms with E-state index >= 15 is 0 Å². The standard InChI is InChI=1S/C51H92N2O4S2/c1-10-12-14-16-18-20-30-52(31-21-19-17-15-13-11-2)47(55)27-22-39(7)43-25-26-44-42-24-23-40-32-41(54)28-29-50(40,8)45(42)33-46(51(43,44)9)57-48(56)36-59-49(58)53(34-37(3)4)35-38(5)6/h37-46,54H,10-36H2,1-9H3/t39-,40-,41-,42+,43-,44+,45+,46+,50+,51-/m1/s1. The third-order valence-electron chi connectivity index (χ3n) is 16.2. The molecular weight excluding hydrogens is 769 g/mol. The zero-order chi connectivity index (χ0) is 43.2. The fourth-order valence-corrected chi connectivity index (χ4v) is 14.0. The summed E-state index contributed by atoms with van der Waals surface area (Å²) in [7, 11) is 0. The van der Waals surface area contributed by atoms with Gasteiger partial charge < -0.3 is 19.6 Å². The Hall–Kier alpha value is -0.860. The summed E-state index contributed by atoms with van der Waals surface area (Å²) in [6, 6.07) is 0. The third-order valence-corrected chi connectivity index (χ3v) is 17.7. The number of thioether (sulfide) groups is 1. The Morgan fingerprint density at radius 1 is 0.763 bits per heavy atom. The zero-order valence-corrected chi connectivity index (χ0v) is 41.4. The van der Waals surface area contributed by atoms with Crippen LogP contribution in [0.3, 0.4) is 0 Å². The summed E-state index contributed by atoms with van der Waals surface area (Å²) in [6.07, 6.45) is 24.8. The van der Waals surface area contributed by atoms with Gasteiger partial charge in [0.25, 0.3) is 0 Å². The van der Waals surface area contributed by atoms with Gasteiger partial charge in [-0.1, -0.05) is 151 Å². The van der Waals surface area contributed by atoms with Crippen molar-refractivity contribution in [1.82, 2.24) is 9.80 Å². The maximum absolute atomic E-state index is 14.1. The molecule has 1 amide bonds. The third kappa shape index (κ3) is 14.1. The van der Waals surface area contributed by atoms with Crippen molar-refractivity contribution in [1.29, 1.82) is 0 Å². The molecule has 0 bridgehead atoms. The minimum atomic E-state index is -0.175. The molecule has 4 rings (SSSR count). The Bertz CT molecular complexity index is 1250. The topological polar surface area (TPSA) is 70.1 Å². The molecule has 8 heteroatoms. The van der Waals surface area contributed by atoms with Gasteiger partial charge in [0, 0.05) is 38.0 Å². The Balaban J connectivity index is 1.48. The number of amides is 1. The van der Waals surface area contributed by atoms with Crippen LogP contribution in [-0.4, -0.2) is 75.2 Å². The van der Waals surface area contributed by atoms with Crippen LogP contribution in [-0.2, 0) is 14.3 Å². The molecule has 6 nitrogen and oxygen atoms in total. The predicted octanol–water partition coefficient (Wildman–Crippen LogP) is 13.1. The van der Waals surface area contributed by atoms with Gasteiger partial charge in [-0.15, -0.1) is 0 Å². The molecule has 59 heavy (non-hydrogen) atoms. The Kier molecular flexibility index (Phi) is 21.4. The minimum absolute atomic E-state index is 0.111. The average Bonchev–Trinajstić information content (AvgIpc) is 3.55. The summed E-state index contributed by atoms with van der Waals surface area (Å²) < 4.78 is 7.64. The molecule has 0 spiro atoms. The number of thiocarbonyl (C=S) groups is 1. The lowest BCUT2D eigenvalue weighted by Gasteiger charge is -2.62. The van der Waals surface area contributed by atoms with E-state index in [4.69, 9.17) is 17.0 Å². The summed E-state index contributed by atoms with van der Waals surface area (Å²) >= 11 is 7.42. The summed E-state index contributed by atoms with van der Waals surface area (Å²) in [4.78, 5) is 32.6. The van der Waals surface area contributed by atoms with Gasteiger partial charge in [0.1, 0.15) is 10.4 Å². The molecule has 0 radical (unpaired) electrons. The van der Waals surface area contributed by atoms with Crippen LogP contribution in [0, 0.1) is 58.2 Å². The maximum atomic E-state index is 14.1. The quantitative estimate of drug-likeness (QED) is 0.0557. The molecule has 0 aromatic rings. The second-order valence-electron chi connectivity index (χ2n) is 21.5. The highest BCUT2D eigenvalue weighted by molar-refractivity contribution is 8.23. The van der Waals surface area contributed by atoms with Crippen LogP contribution >= 0.6 is 24.0 Å². The number of hydrogen-bond acceptors (Lipinski definition) is 6. The van der Waals surface area contributed by atoms with Gasteiger partial charge in [-0.05, 0) is 123 Å². The van der Waals surface area contributed by atoms with E-state index in [1.54, 1.807) is 0 Å². The van der Waals surface area contributed by atoms with E-state index in [1.165, 1.54) is 95.2 Å². The molecular formula is C51H92N2O4S2. The highest BCUT2D eigenvalue weighted by Crippen LogP contribution is 2.69. The van der Waals surface area contributed by atoms with Gasteiger partial charge in [-0.25, -0.2) is 0 Å². The smallest absolute Gasteiger partial charge is 0.316 e. The van der Waals surface area contributed by atoms with Crippen LogP contribution < -0.4 is 0 Å². The van der Waals surface area contributed by atoms with Crippen molar-refractivity contribution in [3.05, 3.63) is 0 Å². The molecule has 4 fully saturated rings. The molecule has 342 valence electrons. The van der Waals surface area contributed by atoms with Crippen LogP contribution in [0.1, 0.15) is 204 Å². The lowest BCUT2D eigenvalue weighted by atomic mass is 9.43. The second kappa shape index (κ2) is 24.8. The number of unbranched alkanes of at least 4 members (excludes halogenated alkanes) is 10. The Morgan fingerprint density at radius 3 is 1.95 bits per heavy atom. The number of aliphatic hydroxyl groups excluding tert-OH is 1. The highest BCUT2D eigenvalue weighted by Gasteiger charge is 2.65. The van der Waals surface area contributed by atoms with Crippen LogP contribution in [0.4, 0.5) is 0 Å². The largest absolute Gasteiger partial charge is 0.461 e.